The molecule has 0 atom stereocenters. The first-order valence-electron chi connectivity index (χ1n) is 9.82. The smallest absolute Gasteiger partial charge is 0.417 e. The van der Waals surface area contributed by atoms with Gasteiger partial charge in [0.05, 0.1) is 17.6 Å². The van der Waals surface area contributed by atoms with Gasteiger partial charge in [-0.2, -0.15) is 13.2 Å². The molecule has 0 aliphatic carbocycles. The largest absolute Gasteiger partial charge is 0.476 e. The minimum absolute atomic E-state index is 0.00946. The number of carbonyl (C=O) groups excluding carboxylic acids is 1. The van der Waals surface area contributed by atoms with Crippen LogP contribution >= 0.6 is 0 Å². The molecule has 6 nitrogen and oxygen atoms in total. The molecule has 0 aliphatic heterocycles. The van der Waals surface area contributed by atoms with Crippen molar-refractivity contribution in [2.75, 3.05) is 25.0 Å². The second-order valence-corrected chi connectivity index (χ2v) is 7.33. The fourth-order valence-corrected chi connectivity index (χ4v) is 2.86. The lowest BCUT2D eigenvalue weighted by Crippen LogP contribution is -2.28. The van der Waals surface area contributed by atoms with Crippen molar-refractivity contribution in [2.24, 2.45) is 5.92 Å². The molecule has 1 aromatic carbocycles. The highest BCUT2D eigenvalue weighted by molar-refractivity contribution is 5.94. The monoisotopic (exact) mass is 432 g/mol. The molecule has 2 N–H and O–H groups in total. The molecule has 1 amide bonds. The molecule has 0 aliphatic rings. The zero-order valence-electron chi connectivity index (χ0n) is 17.2. The van der Waals surface area contributed by atoms with Gasteiger partial charge in [-0.25, -0.2) is 9.97 Å². The highest BCUT2D eigenvalue weighted by Gasteiger charge is 2.33. The summed E-state index contributed by atoms with van der Waals surface area (Å²) in [5, 5.41) is 5.83. The molecule has 0 saturated carbocycles. The molecule has 31 heavy (non-hydrogen) atoms. The van der Waals surface area contributed by atoms with E-state index in [1.165, 1.54) is 24.4 Å². The van der Waals surface area contributed by atoms with Crippen molar-refractivity contribution >= 4 is 22.6 Å². The van der Waals surface area contributed by atoms with Gasteiger partial charge in [0.25, 0.3) is 5.91 Å². The molecule has 9 heteroatoms. The predicted octanol–water partition coefficient (Wildman–Crippen LogP) is 4.53. The van der Waals surface area contributed by atoms with Gasteiger partial charge in [0.15, 0.2) is 0 Å². The maximum atomic E-state index is 13.4. The minimum Gasteiger partial charge on any atom is -0.476 e. The normalized spacial score (nSPS) is 11.5. The molecular weight excluding hydrogens is 409 g/mol. The second-order valence-electron chi connectivity index (χ2n) is 7.33. The van der Waals surface area contributed by atoms with E-state index in [1.807, 2.05) is 0 Å². The van der Waals surface area contributed by atoms with Crippen LogP contribution in [0.25, 0.3) is 10.9 Å². The van der Waals surface area contributed by atoms with E-state index in [4.69, 9.17) is 4.74 Å². The zero-order chi connectivity index (χ0) is 22.4. The Morgan fingerprint density at radius 1 is 1.16 bits per heavy atom. The van der Waals surface area contributed by atoms with E-state index in [-0.39, 0.29) is 35.8 Å². The van der Waals surface area contributed by atoms with Crippen LogP contribution in [0.5, 0.6) is 5.88 Å². The maximum absolute atomic E-state index is 13.4. The summed E-state index contributed by atoms with van der Waals surface area (Å²) >= 11 is 0. The Kier molecular flexibility index (Phi) is 6.94. The molecule has 2 heterocycles. The number of pyridine rings is 2. The van der Waals surface area contributed by atoms with Gasteiger partial charge in [-0.3, -0.25) is 4.79 Å². The van der Waals surface area contributed by atoms with Crippen LogP contribution in [0.3, 0.4) is 0 Å². The van der Waals surface area contributed by atoms with E-state index in [9.17, 15) is 18.0 Å². The molecule has 2 aromatic heterocycles. The first kappa shape index (κ1) is 22.3. The summed E-state index contributed by atoms with van der Waals surface area (Å²) in [6.45, 7) is 4.92. The quantitative estimate of drug-likeness (QED) is 0.512. The third-order valence-electron chi connectivity index (χ3n) is 4.35. The van der Waals surface area contributed by atoms with Crippen molar-refractivity contribution in [3.8, 4) is 5.88 Å². The first-order valence-corrected chi connectivity index (χ1v) is 9.82. The van der Waals surface area contributed by atoms with Crippen LogP contribution in [0.2, 0.25) is 0 Å². The number of alkyl halides is 3. The number of halogens is 3. The molecule has 3 rings (SSSR count). The summed E-state index contributed by atoms with van der Waals surface area (Å²) in [7, 11) is 0. The summed E-state index contributed by atoms with van der Waals surface area (Å²) in [6, 6.07) is 10.1. The molecule has 0 spiro atoms. The highest BCUT2D eigenvalue weighted by Crippen LogP contribution is 2.36. The van der Waals surface area contributed by atoms with Crippen LogP contribution in [0.4, 0.5) is 19.0 Å². The van der Waals surface area contributed by atoms with E-state index in [0.29, 0.717) is 17.3 Å². The Morgan fingerprint density at radius 3 is 2.68 bits per heavy atom. The number of fused-ring (bicyclic) bond motifs is 1. The van der Waals surface area contributed by atoms with E-state index in [1.54, 1.807) is 18.2 Å². The second kappa shape index (κ2) is 9.63. The molecular formula is C22H23F3N4O2. The predicted molar refractivity (Wildman–Crippen MR) is 112 cm³/mol. The van der Waals surface area contributed by atoms with Crippen LogP contribution in [0.15, 0.2) is 48.7 Å². The number of para-hydroxylation sites is 1. The number of carbonyl (C=O) groups is 1. The number of ether oxygens (including phenoxy) is 1. The van der Waals surface area contributed by atoms with Crippen molar-refractivity contribution < 1.29 is 22.7 Å². The first-order chi connectivity index (χ1) is 14.7. The number of nitrogens with zero attached hydrogens (tertiary/aromatic N) is 2. The Bertz CT molecular complexity index is 1050. The van der Waals surface area contributed by atoms with Crippen molar-refractivity contribution in [2.45, 2.75) is 20.0 Å². The van der Waals surface area contributed by atoms with Gasteiger partial charge in [0.2, 0.25) is 5.88 Å². The standard InChI is InChI=1S/C22H23F3N4O2/c1-14(2)13-28-19-11-15(7-8-26-19)21(30)27-9-10-31-20-12-17(22(23,24)25)16-5-3-4-6-18(16)29-20/h3-8,11-12,14H,9-10,13H2,1-2H3,(H,26,28)(H,27,30). The fraction of sp³-hybridized carbons (Fsp3) is 0.318. The average molecular weight is 432 g/mol. The zero-order valence-corrected chi connectivity index (χ0v) is 17.2. The third kappa shape index (κ3) is 6.07. The molecule has 0 saturated heterocycles. The number of hydrogen-bond acceptors (Lipinski definition) is 5. The topological polar surface area (TPSA) is 76.1 Å². The summed E-state index contributed by atoms with van der Waals surface area (Å²) in [5.41, 5.74) is -0.200. The lowest BCUT2D eigenvalue weighted by molar-refractivity contribution is -0.136. The van der Waals surface area contributed by atoms with Gasteiger partial charge in [-0.15, -0.1) is 0 Å². The number of aromatic nitrogens is 2. The van der Waals surface area contributed by atoms with E-state index >= 15 is 0 Å². The number of benzene rings is 1. The van der Waals surface area contributed by atoms with Gasteiger partial charge in [-0.05, 0) is 24.1 Å². The number of rotatable bonds is 8. The Hall–Kier alpha value is -3.36. The molecule has 0 bridgehead atoms. The number of anilines is 1. The Morgan fingerprint density at radius 2 is 1.94 bits per heavy atom. The summed E-state index contributed by atoms with van der Waals surface area (Å²) < 4.78 is 45.5. The fourth-order valence-electron chi connectivity index (χ4n) is 2.86. The van der Waals surface area contributed by atoms with Crippen molar-refractivity contribution in [1.29, 1.82) is 0 Å². The average Bonchev–Trinajstić information content (AvgIpc) is 2.74. The van der Waals surface area contributed by atoms with Gasteiger partial charge in [0.1, 0.15) is 12.4 Å². The van der Waals surface area contributed by atoms with Crippen LogP contribution in [-0.2, 0) is 6.18 Å². The SMILES string of the molecule is CC(C)CNc1cc(C(=O)NCCOc2cc(C(F)(F)F)c3ccccc3n2)ccn1. The van der Waals surface area contributed by atoms with Gasteiger partial charge in [0, 0.05) is 29.8 Å². The lowest BCUT2D eigenvalue weighted by Gasteiger charge is -2.13. The molecule has 164 valence electrons. The maximum Gasteiger partial charge on any atom is 0.417 e. The summed E-state index contributed by atoms with van der Waals surface area (Å²) in [4.78, 5) is 20.6. The Labute approximate surface area is 177 Å². The van der Waals surface area contributed by atoms with Gasteiger partial charge in [-0.1, -0.05) is 32.0 Å². The van der Waals surface area contributed by atoms with Gasteiger partial charge >= 0.3 is 6.18 Å². The summed E-state index contributed by atoms with van der Waals surface area (Å²) in [6.07, 6.45) is -3.00. The van der Waals surface area contributed by atoms with Gasteiger partial charge < -0.3 is 15.4 Å². The third-order valence-corrected chi connectivity index (χ3v) is 4.35. The van der Waals surface area contributed by atoms with Crippen LogP contribution < -0.4 is 15.4 Å². The lowest BCUT2D eigenvalue weighted by atomic mass is 10.1. The number of hydrogen-bond donors (Lipinski definition) is 2. The van der Waals surface area contributed by atoms with E-state index < -0.39 is 11.7 Å². The number of amides is 1. The highest BCUT2D eigenvalue weighted by atomic mass is 19.4. The molecule has 0 unspecified atom stereocenters. The Balaban J connectivity index is 1.59. The molecule has 0 radical (unpaired) electrons. The van der Waals surface area contributed by atoms with Crippen LogP contribution in [0.1, 0.15) is 29.8 Å². The van der Waals surface area contributed by atoms with Crippen molar-refractivity contribution in [1.82, 2.24) is 15.3 Å². The van der Waals surface area contributed by atoms with E-state index in [0.717, 1.165) is 12.6 Å². The number of nitrogens with one attached hydrogen (secondary N) is 2. The van der Waals surface area contributed by atoms with Crippen LogP contribution in [-0.4, -0.2) is 35.6 Å². The minimum atomic E-state index is -4.53. The molecule has 0 fully saturated rings. The van der Waals surface area contributed by atoms with Crippen molar-refractivity contribution in [3.63, 3.8) is 0 Å². The van der Waals surface area contributed by atoms with E-state index in [2.05, 4.69) is 34.4 Å². The van der Waals surface area contributed by atoms with Crippen molar-refractivity contribution in [3.05, 3.63) is 59.8 Å². The van der Waals surface area contributed by atoms with Crippen LogP contribution in [0, 0.1) is 5.92 Å². The molecule has 3 aromatic rings. The summed E-state index contributed by atoms with van der Waals surface area (Å²) in [5.74, 6) is 0.543.